The molecule has 144 valence electrons. The van der Waals surface area contributed by atoms with Crippen molar-refractivity contribution in [3.8, 4) is 0 Å². The van der Waals surface area contributed by atoms with Gasteiger partial charge in [-0.3, -0.25) is 0 Å². The van der Waals surface area contributed by atoms with Gasteiger partial charge < -0.3 is 9.64 Å². The minimum atomic E-state index is 0.627. The van der Waals surface area contributed by atoms with Crippen molar-refractivity contribution in [3.05, 3.63) is 107 Å². The molecule has 0 saturated carbocycles. The van der Waals surface area contributed by atoms with Crippen molar-refractivity contribution in [1.29, 1.82) is 0 Å². The van der Waals surface area contributed by atoms with Crippen LogP contribution in [0.15, 0.2) is 90.3 Å². The number of pyridine rings is 1. The van der Waals surface area contributed by atoms with Crippen molar-refractivity contribution in [2.24, 2.45) is 0 Å². The molecule has 0 radical (unpaired) electrons. The minimum absolute atomic E-state index is 0.627. The summed E-state index contributed by atoms with van der Waals surface area (Å²) in [5.74, 6) is 1.11. The van der Waals surface area contributed by atoms with Gasteiger partial charge in [0, 0.05) is 30.4 Å². The molecule has 1 aromatic heterocycles. The average Bonchev–Trinajstić information content (AvgIpc) is 3.23. The number of hydrogen-bond acceptors (Lipinski definition) is 3. The third-order valence-electron chi connectivity index (χ3n) is 5.65. The number of nitrogens with zero attached hydrogens (tertiary/aromatic N) is 2. The van der Waals surface area contributed by atoms with Crippen LogP contribution in [-0.2, 0) is 11.2 Å². The summed E-state index contributed by atoms with van der Waals surface area (Å²) in [7, 11) is 0. The van der Waals surface area contributed by atoms with E-state index in [2.05, 4.69) is 77.7 Å². The van der Waals surface area contributed by atoms with E-state index >= 15 is 0 Å². The second-order valence-corrected chi connectivity index (χ2v) is 7.45. The van der Waals surface area contributed by atoms with Crippen LogP contribution in [0.1, 0.15) is 23.1 Å². The maximum Gasteiger partial charge on any atom is 0.135 e. The lowest BCUT2D eigenvalue weighted by Gasteiger charge is -2.30. The molecule has 0 spiro atoms. The third kappa shape index (κ3) is 3.62. The zero-order chi connectivity index (χ0) is 19.5. The normalized spacial score (nSPS) is 16.8. The van der Waals surface area contributed by atoms with Gasteiger partial charge in [0.1, 0.15) is 5.82 Å². The van der Waals surface area contributed by atoms with Crippen LogP contribution in [-0.4, -0.2) is 24.7 Å². The van der Waals surface area contributed by atoms with Crippen LogP contribution >= 0.6 is 0 Å². The summed E-state index contributed by atoms with van der Waals surface area (Å²) in [6, 6.07) is 25.4. The van der Waals surface area contributed by atoms with Gasteiger partial charge in [0.25, 0.3) is 0 Å². The summed E-state index contributed by atoms with van der Waals surface area (Å²) in [5.41, 5.74) is 7.60. The Bertz CT molecular complexity index is 1050. The van der Waals surface area contributed by atoms with E-state index in [0.717, 1.165) is 31.8 Å². The highest BCUT2D eigenvalue weighted by atomic mass is 16.5. The van der Waals surface area contributed by atoms with Gasteiger partial charge in [-0.05, 0) is 40.8 Å². The lowest BCUT2D eigenvalue weighted by atomic mass is 9.92. The van der Waals surface area contributed by atoms with Gasteiger partial charge in [-0.25, -0.2) is 4.98 Å². The molecule has 0 aliphatic carbocycles. The summed E-state index contributed by atoms with van der Waals surface area (Å²) < 4.78 is 5.95. The Morgan fingerprint density at radius 1 is 0.897 bits per heavy atom. The monoisotopic (exact) mass is 380 g/mol. The fourth-order valence-corrected chi connectivity index (χ4v) is 4.26. The quantitative estimate of drug-likeness (QED) is 0.570. The van der Waals surface area contributed by atoms with Gasteiger partial charge in [-0.1, -0.05) is 66.7 Å². The molecule has 3 heterocycles. The fraction of sp³-hybridized carbons (Fsp3) is 0.192. The van der Waals surface area contributed by atoms with Gasteiger partial charge in [0.2, 0.25) is 0 Å². The Kier molecular flexibility index (Phi) is 4.97. The molecule has 3 nitrogen and oxygen atoms in total. The smallest absolute Gasteiger partial charge is 0.135 e. The fourth-order valence-electron chi connectivity index (χ4n) is 4.26. The van der Waals surface area contributed by atoms with E-state index in [1.165, 1.54) is 33.5 Å². The molecular weight excluding hydrogens is 356 g/mol. The summed E-state index contributed by atoms with van der Waals surface area (Å²) in [6.07, 6.45) is 6.14. The van der Waals surface area contributed by atoms with E-state index in [4.69, 9.17) is 9.72 Å². The van der Waals surface area contributed by atoms with Crippen molar-refractivity contribution in [2.45, 2.75) is 12.8 Å². The van der Waals surface area contributed by atoms with Crippen LogP contribution in [0.5, 0.6) is 0 Å². The first-order chi connectivity index (χ1) is 14.4. The second-order valence-electron chi connectivity index (χ2n) is 7.45. The second kappa shape index (κ2) is 8.06. The first-order valence-electron chi connectivity index (χ1n) is 10.2. The minimum Gasteiger partial charge on any atom is -0.376 e. The molecule has 0 amide bonds. The van der Waals surface area contributed by atoms with Crippen LogP contribution in [0.3, 0.4) is 0 Å². The predicted molar refractivity (Wildman–Crippen MR) is 119 cm³/mol. The Morgan fingerprint density at radius 2 is 1.69 bits per heavy atom. The van der Waals surface area contributed by atoms with Gasteiger partial charge in [0.05, 0.1) is 13.2 Å². The number of fused-ring (bicyclic) bond motifs is 1. The topological polar surface area (TPSA) is 25.4 Å². The molecule has 2 aromatic carbocycles. The number of ether oxygens (including phenoxy) is 1. The number of aromatic nitrogens is 1. The molecule has 0 saturated heterocycles. The number of rotatable bonds is 4. The molecule has 0 bridgehead atoms. The number of hydrogen-bond donors (Lipinski definition) is 0. The first kappa shape index (κ1) is 17.9. The number of benzene rings is 2. The largest absolute Gasteiger partial charge is 0.376 e. The van der Waals surface area contributed by atoms with Crippen LogP contribution in [0.25, 0.3) is 11.6 Å². The molecule has 2 aliphatic heterocycles. The van der Waals surface area contributed by atoms with E-state index in [1.54, 1.807) is 0 Å². The number of anilines is 1. The zero-order valence-electron chi connectivity index (χ0n) is 16.4. The lowest BCUT2D eigenvalue weighted by Crippen LogP contribution is -2.27. The van der Waals surface area contributed by atoms with Crippen LogP contribution in [0, 0.1) is 0 Å². The van der Waals surface area contributed by atoms with Gasteiger partial charge >= 0.3 is 0 Å². The van der Waals surface area contributed by atoms with Crippen molar-refractivity contribution >= 4 is 17.5 Å². The lowest BCUT2D eigenvalue weighted by molar-refractivity contribution is 0.148. The molecule has 2 aliphatic rings. The Balaban J connectivity index is 1.66. The van der Waals surface area contributed by atoms with E-state index in [9.17, 15) is 0 Å². The maximum atomic E-state index is 5.95. The average molecular weight is 380 g/mol. The summed E-state index contributed by atoms with van der Waals surface area (Å²) in [4.78, 5) is 7.11. The molecule has 0 unspecified atom stereocenters. The Labute approximate surface area is 172 Å². The first-order valence-corrected chi connectivity index (χ1v) is 10.2. The summed E-state index contributed by atoms with van der Waals surface area (Å²) in [6.45, 7) is 2.37. The highest BCUT2D eigenvalue weighted by Gasteiger charge is 2.28. The molecular formula is C26H24N2O. The van der Waals surface area contributed by atoms with Crippen molar-refractivity contribution < 1.29 is 4.74 Å². The Morgan fingerprint density at radius 3 is 2.52 bits per heavy atom. The molecule has 0 atom stereocenters. The molecule has 3 aromatic rings. The van der Waals surface area contributed by atoms with Gasteiger partial charge in [-0.15, -0.1) is 0 Å². The molecule has 5 rings (SSSR count). The van der Waals surface area contributed by atoms with Gasteiger partial charge in [0.15, 0.2) is 0 Å². The van der Waals surface area contributed by atoms with Crippen molar-refractivity contribution in [3.63, 3.8) is 0 Å². The zero-order valence-corrected chi connectivity index (χ0v) is 16.4. The Hall–Kier alpha value is -3.17. The SMILES string of the molecule is C(=C(\C1=C(N2CCc3cccnc32)CCOC1)c1ccccc1)/c1ccccc1. The van der Waals surface area contributed by atoms with Crippen molar-refractivity contribution in [2.75, 3.05) is 24.7 Å². The standard InChI is InChI=1S/C26H24N2O/c1-3-8-20(9-4-1)18-23(21-10-5-2-6-11-21)24-19-29-17-14-25(24)28-16-13-22-12-7-15-27-26(22)28/h1-12,15,18H,13-14,16-17,19H2/b23-18+. The summed E-state index contributed by atoms with van der Waals surface area (Å²) >= 11 is 0. The van der Waals surface area contributed by atoms with E-state index in [0.29, 0.717) is 6.61 Å². The molecule has 0 fully saturated rings. The van der Waals surface area contributed by atoms with E-state index in [1.807, 2.05) is 12.3 Å². The highest BCUT2D eigenvalue weighted by Crippen LogP contribution is 2.37. The van der Waals surface area contributed by atoms with E-state index < -0.39 is 0 Å². The third-order valence-corrected chi connectivity index (χ3v) is 5.65. The predicted octanol–water partition coefficient (Wildman–Crippen LogP) is 5.36. The molecule has 29 heavy (non-hydrogen) atoms. The van der Waals surface area contributed by atoms with Crippen LogP contribution < -0.4 is 4.90 Å². The molecule has 0 N–H and O–H groups in total. The maximum absolute atomic E-state index is 5.95. The van der Waals surface area contributed by atoms with Crippen molar-refractivity contribution in [1.82, 2.24) is 4.98 Å². The van der Waals surface area contributed by atoms with Crippen LogP contribution in [0.2, 0.25) is 0 Å². The van der Waals surface area contributed by atoms with Gasteiger partial charge in [-0.2, -0.15) is 0 Å². The summed E-state index contributed by atoms with van der Waals surface area (Å²) in [5, 5.41) is 0. The highest BCUT2D eigenvalue weighted by molar-refractivity contribution is 5.92. The van der Waals surface area contributed by atoms with Crippen LogP contribution in [0.4, 0.5) is 5.82 Å². The van der Waals surface area contributed by atoms with E-state index in [-0.39, 0.29) is 0 Å². The molecule has 3 heteroatoms.